The molecule has 4 nitrogen and oxygen atoms in total. The summed E-state index contributed by atoms with van der Waals surface area (Å²) in [5.41, 5.74) is 7.14. The van der Waals surface area contributed by atoms with Crippen molar-refractivity contribution in [3.63, 3.8) is 0 Å². The molecule has 0 amide bonds. The van der Waals surface area contributed by atoms with Crippen molar-refractivity contribution in [2.45, 2.75) is 45.7 Å². The highest BCUT2D eigenvalue weighted by Gasteiger charge is 2.13. The summed E-state index contributed by atoms with van der Waals surface area (Å²) < 4.78 is 7.61. The van der Waals surface area contributed by atoms with Crippen molar-refractivity contribution < 1.29 is 4.42 Å². The van der Waals surface area contributed by atoms with E-state index in [0.717, 1.165) is 23.6 Å². The van der Waals surface area contributed by atoms with Gasteiger partial charge in [-0.05, 0) is 32.0 Å². The van der Waals surface area contributed by atoms with Gasteiger partial charge in [-0.25, -0.2) is 0 Å². The highest BCUT2D eigenvalue weighted by atomic mass is 16.3. The van der Waals surface area contributed by atoms with Crippen molar-refractivity contribution in [1.82, 2.24) is 9.78 Å². The van der Waals surface area contributed by atoms with Gasteiger partial charge in [-0.1, -0.05) is 6.92 Å². The van der Waals surface area contributed by atoms with Gasteiger partial charge in [-0.2, -0.15) is 5.10 Å². The summed E-state index contributed by atoms with van der Waals surface area (Å²) in [4.78, 5) is 0. The van der Waals surface area contributed by atoms with Crippen LogP contribution in [0.5, 0.6) is 0 Å². The molecule has 0 aliphatic carbocycles. The Balaban J connectivity index is 2.03. The second kappa shape index (κ2) is 5.40. The Labute approximate surface area is 108 Å². The number of aromatic nitrogens is 2. The molecule has 0 aliphatic rings. The van der Waals surface area contributed by atoms with E-state index in [2.05, 4.69) is 25.9 Å². The molecule has 18 heavy (non-hydrogen) atoms. The Kier molecular flexibility index (Phi) is 3.87. The molecule has 2 rings (SSSR count). The molecular formula is C14H21N3O. The van der Waals surface area contributed by atoms with E-state index in [-0.39, 0.29) is 6.04 Å². The molecule has 0 bridgehead atoms. The number of nitrogens with two attached hydrogens (primary N) is 1. The van der Waals surface area contributed by atoms with Gasteiger partial charge in [0.1, 0.15) is 11.5 Å². The lowest BCUT2D eigenvalue weighted by atomic mass is 10.1. The zero-order valence-corrected chi connectivity index (χ0v) is 11.3. The Morgan fingerprint density at radius 3 is 2.67 bits per heavy atom. The van der Waals surface area contributed by atoms with Gasteiger partial charge in [0.05, 0.1) is 11.7 Å². The normalized spacial score (nSPS) is 13.2. The summed E-state index contributed by atoms with van der Waals surface area (Å²) in [5, 5.41) is 4.50. The highest BCUT2D eigenvalue weighted by molar-refractivity contribution is 5.13. The van der Waals surface area contributed by atoms with Crippen molar-refractivity contribution in [1.29, 1.82) is 0 Å². The van der Waals surface area contributed by atoms with Crippen LogP contribution in [0.25, 0.3) is 0 Å². The summed E-state index contributed by atoms with van der Waals surface area (Å²) in [5.74, 6) is 1.82. The second-order valence-corrected chi connectivity index (χ2v) is 4.85. The smallest absolute Gasteiger partial charge is 0.121 e. The summed E-state index contributed by atoms with van der Waals surface area (Å²) >= 11 is 0. The van der Waals surface area contributed by atoms with Crippen LogP contribution in [0.2, 0.25) is 0 Å². The Morgan fingerprint density at radius 2 is 2.11 bits per heavy atom. The fraction of sp³-hybridized carbons (Fsp3) is 0.500. The van der Waals surface area contributed by atoms with Crippen LogP contribution in [0.15, 0.2) is 28.8 Å². The van der Waals surface area contributed by atoms with E-state index in [1.165, 1.54) is 0 Å². The zero-order valence-electron chi connectivity index (χ0n) is 11.3. The number of rotatable bonds is 5. The first kappa shape index (κ1) is 12.9. The maximum atomic E-state index is 6.14. The molecule has 0 spiro atoms. The van der Waals surface area contributed by atoms with Crippen molar-refractivity contribution in [3.8, 4) is 0 Å². The molecule has 0 saturated carbocycles. The molecule has 0 radical (unpaired) electrons. The van der Waals surface area contributed by atoms with Crippen LogP contribution in [0, 0.1) is 0 Å². The van der Waals surface area contributed by atoms with E-state index < -0.39 is 0 Å². The van der Waals surface area contributed by atoms with Crippen LogP contribution in [-0.2, 0) is 12.8 Å². The van der Waals surface area contributed by atoms with E-state index in [4.69, 9.17) is 10.2 Å². The molecule has 1 unspecified atom stereocenters. The molecule has 0 aromatic carbocycles. The van der Waals surface area contributed by atoms with Crippen LogP contribution < -0.4 is 5.73 Å². The summed E-state index contributed by atoms with van der Waals surface area (Å²) in [6.07, 6.45) is 3.59. The Hall–Kier alpha value is -1.55. The van der Waals surface area contributed by atoms with Crippen LogP contribution >= 0.6 is 0 Å². The van der Waals surface area contributed by atoms with E-state index in [1.807, 2.05) is 29.1 Å². The molecule has 98 valence electrons. The number of nitrogens with zero attached hydrogens (tertiary/aromatic N) is 2. The average molecular weight is 247 g/mol. The van der Waals surface area contributed by atoms with Gasteiger partial charge in [-0.15, -0.1) is 0 Å². The van der Waals surface area contributed by atoms with E-state index in [1.54, 1.807) is 0 Å². The number of aryl methyl sites for hydroxylation is 1. The minimum Gasteiger partial charge on any atom is -0.464 e. The van der Waals surface area contributed by atoms with Crippen LogP contribution in [-0.4, -0.2) is 9.78 Å². The minimum absolute atomic E-state index is 0.124. The van der Waals surface area contributed by atoms with Crippen LogP contribution in [0.1, 0.15) is 50.1 Å². The number of furan rings is 1. The molecule has 2 aromatic rings. The van der Waals surface area contributed by atoms with E-state index in [0.29, 0.717) is 12.5 Å². The Bertz CT molecular complexity index is 499. The van der Waals surface area contributed by atoms with Gasteiger partial charge in [-0.3, -0.25) is 4.68 Å². The van der Waals surface area contributed by atoms with Gasteiger partial charge in [0.15, 0.2) is 0 Å². The van der Waals surface area contributed by atoms with E-state index >= 15 is 0 Å². The SMILES string of the molecule is CCc1ccc(C(N)Cc2ccn(C(C)C)n2)o1. The maximum Gasteiger partial charge on any atom is 0.121 e. The molecule has 2 aromatic heterocycles. The van der Waals surface area contributed by atoms with Gasteiger partial charge in [0.25, 0.3) is 0 Å². The fourth-order valence-electron chi connectivity index (χ4n) is 1.88. The Morgan fingerprint density at radius 1 is 1.33 bits per heavy atom. The minimum atomic E-state index is -0.124. The number of hydrogen-bond acceptors (Lipinski definition) is 3. The zero-order chi connectivity index (χ0) is 13.1. The van der Waals surface area contributed by atoms with Gasteiger partial charge in [0, 0.05) is 25.1 Å². The van der Waals surface area contributed by atoms with Crippen LogP contribution in [0.4, 0.5) is 0 Å². The first-order valence-electron chi connectivity index (χ1n) is 6.48. The van der Waals surface area contributed by atoms with Crippen molar-refractivity contribution in [3.05, 3.63) is 41.6 Å². The molecule has 0 fully saturated rings. The van der Waals surface area contributed by atoms with Crippen molar-refractivity contribution in [2.75, 3.05) is 0 Å². The molecule has 4 heteroatoms. The summed E-state index contributed by atoms with van der Waals surface area (Å²) in [6.45, 7) is 6.28. The molecule has 0 saturated heterocycles. The number of hydrogen-bond donors (Lipinski definition) is 1. The molecule has 0 aliphatic heterocycles. The lowest BCUT2D eigenvalue weighted by molar-refractivity contribution is 0.431. The predicted molar refractivity (Wildman–Crippen MR) is 71.3 cm³/mol. The third-order valence-electron chi connectivity index (χ3n) is 3.02. The quantitative estimate of drug-likeness (QED) is 0.883. The topological polar surface area (TPSA) is 57.0 Å². The maximum absolute atomic E-state index is 6.14. The summed E-state index contributed by atoms with van der Waals surface area (Å²) in [7, 11) is 0. The first-order chi connectivity index (χ1) is 8.60. The standard InChI is InChI=1S/C14H21N3O/c1-4-12-5-6-14(18-12)13(15)9-11-7-8-17(16-11)10(2)3/h5-8,10,13H,4,9,15H2,1-3H3. The van der Waals surface area contributed by atoms with E-state index in [9.17, 15) is 0 Å². The summed E-state index contributed by atoms with van der Waals surface area (Å²) in [6, 6.07) is 6.22. The lowest BCUT2D eigenvalue weighted by Crippen LogP contribution is -2.13. The molecule has 1 atom stereocenters. The average Bonchev–Trinajstić information content (AvgIpc) is 2.96. The third kappa shape index (κ3) is 2.82. The van der Waals surface area contributed by atoms with Gasteiger partial charge >= 0.3 is 0 Å². The second-order valence-electron chi connectivity index (χ2n) is 4.85. The van der Waals surface area contributed by atoms with Crippen molar-refractivity contribution in [2.24, 2.45) is 5.73 Å². The lowest BCUT2D eigenvalue weighted by Gasteiger charge is -2.07. The van der Waals surface area contributed by atoms with Gasteiger partial charge in [0.2, 0.25) is 0 Å². The third-order valence-corrected chi connectivity index (χ3v) is 3.02. The monoisotopic (exact) mass is 247 g/mol. The van der Waals surface area contributed by atoms with Crippen LogP contribution in [0.3, 0.4) is 0 Å². The predicted octanol–water partition coefficient (Wildman–Crippen LogP) is 2.86. The molecule has 2 heterocycles. The fourth-order valence-corrected chi connectivity index (χ4v) is 1.88. The first-order valence-corrected chi connectivity index (χ1v) is 6.48. The molecular weight excluding hydrogens is 226 g/mol. The highest BCUT2D eigenvalue weighted by Crippen LogP contribution is 2.18. The van der Waals surface area contributed by atoms with Crippen molar-refractivity contribution >= 4 is 0 Å². The molecule has 2 N–H and O–H groups in total. The van der Waals surface area contributed by atoms with Gasteiger partial charge < -0.3 is 10.2 Å². The largest absolute Gasteiger partial charge is 0.464 e.